The van der Waals surface area contributed by atoms with Gasteiger partial charge in [0.15, 0.2) is 0 Å². The van der Waals surface area contributed by atoms with Crippen molar-refractivity contribution in [3.8, 4) is 0 Å². The molecule has 132 valence electrons. The molecular weight excluding hydrogens is 351 g/mol. The number of hydrogen-bond donors (Lipinski definition) is 0. The monoisotopic (exact) mass is 368 g/mol. The molecule has 0 radical (unpaired) electrons. The van der Waals surface area contributed by atoms with E-state index in [9.17, 15) is 12.8 Å². The van der Waals surface area contributed by atoms with Gasteiger partial charge in [-0.1, -0.05) is 42.5 Å². The van der Waals surface area contributed by atoms with Gasteiger partial charge in [-0.25, -0.2) is 12.8 Å². The third-order valence-electron chi connectivity index (χ3n) is 4.52. The third kappa shape index (κ3) is 2.97. The van der Waals surface area contributed by atoms with E-state index in [-0.39, 0.29) is 4.90 Å². The fourth-order valence-corrected chi connectivity index (χ4v) is 4.69. The van der Waals surface area contributed by atoms with Gasteiger partial charge in [-0.15, -0.1) is 0 Å². The van der Waals surface area contributed by atoms with Crippen LogP contribution in [-0.4, -0.2) is 31.6 Å². The van der Waals surface area contributed by atoms with Crippen LogP contribution in [0.1, 0.15) is 5.56 Å². The molecule has 26 heavy (non-hydrogen) atoms. The van der Waals surface area contributed by atoms with Crippen LogP contribution >= 0.6 is 0 Å². The minimum atomic E-state index is -3.74. The molecule has 0 aromatic heterocycles. The van der Waals surface area contributed by atoms with Gasteiger partial charge in [0.1, 0.15) is 11.7 Å². The molecule has 0 spiro atoms. The molecule has 3 aromatic rings. The largest absolute Gasteiger partial charge is 0.269 e. The van der Waals surface area contributed by atoms with Gasteiger partial charge >= 0.3 is 0 Å². The second-order valence-corrected chi connectivity index (χ2v) is 8.01. The zero-order chi connectivity index (χ0) is 18.1. The normalized spacial score (nSPS) is 14.7. The molecule has 1 aliphatic rings. The van der Waals surface area contributed by atoms with E-state index in [1.165, 1.54) is 16.4 Å². The average Bonchev–Trinajstić information content (AvgIpc) is 3.11. The van der Waals surface area contributed by atoms with Crippen LogP contribution in [0.4, 0.5) is 4.39 Å². The number of rotatable bonds is 4. The van der Waals surface area contributed by atoms with Crippen molar-refractivity contribution in [2.75, 3.05) is 13.1 Å². The Labute approximate surface area is 151 Å². The summed E-state index contributed by atoms with van der Waals surface area (Å²) in [5.74, 6) is 0.0562. The highest BCUT2D eigenvalue weighted by Gasteiger charge is 2.30. The Morgan fingerprint density at radius 3 is 2.50 bits per heavy atom. The fourth-order valence-electron chi connectivity index (χ4n) is 3.23. The first kappa shape index (κ1) is 16.7. The van der Waals surface area contributed by atoms with E-state index in [4.69, 9.17) is 0 Å². The number of hydrogen-bond acceptors (Lipinski definition) is 3. The third-order valence-corrected chi connectivity index (χ3v) is 6.36. The zero-order valence-corrected chi connectivity index (χ0v) is 14.8. The van der Waals surface area contributed by atoms with E-state index in [0.29, 0.717) is 25.3 Å². The Morgan fingerprint density at radius 2 is 1.69 bits per heavy atom. The SMILES string of the molecule is O=S(=O)(c1ccc(F)cc1)N1CCN=C1Cc1cccc2ccccc12. The van der Waals surface area contributed by atoms with Crippen molar-refractivity contribution >= 4 is 26.6 Å². The summed E-state index contributed by atoms with van der Waals surface area (Å²) in [4.78, 5) is 4.49. The van der Waals surface area contributed by atoms with Gasteiger partial charge < -0.3 is 0 Å². The number of sulfonamides is 1. The van der Waals surface area contributed by atoms with Gasteiger partial charge in [-0.3, -0.25) is 9.30 Å². The Morgan fingerprint density at radius 1 is 0.962 bits per heavy atom. The van der Waals surface area contributed by atoms with Crippen molar-refractivity contribution in [1.29, 1.82) is 0 Å². The van der Waals surface area contributed by atoms with Crippen molar-refractivity contribution in [2.24, 2.45) is 4.99 Å². The van der Waals surface area contributed by atoms with Crippen molar-refractivity contribution < 1.29 is 12.8 Å². The van der Waals surface area contributed by atoms with Crippen molar-refractivity contribution in [2.45, 2.75) is 11.3 Å². The molecule has 0 N–H and O–H groups in total. The van der Waals surface area contributed by atoms with Crippen LogP contribution < -0.4 is 0 Å². The van der Waals surface area contributed by atoms with E-state index in [2.05, 4.69) is 4.99 Å². The summed E-state index contributed by atoms with van der Waals surface area (Å²) < 4.78 is 40.3. The second-order valence-electron chi connectivity index (χ2n) is 6.14. The van der Waals surface area contributed by atoms with Gasteiger partial charge in [0.05, 0.1) is 18.0 Å². The first-order valence-electron chi connectivity index (χ1n) is 8.34. The number of fused-ring (bicyclic) bond motifs is 1. The minimum Gasteiger partial charge on any atom is -0.269 e. The molecule has 0 bridgehead atoms. The van der Waals surface area contributed by atoms with Gasteiger partial charge in [0.2, 0.25) is 0 Å². The fraction of sp³-hybridized carbons (Fsp3) is 0.150. The molecule has 4 nitrogen and oxygen atoms in total. The molecule has 6 heteroatoms. The lowest BCUT2D eigenvalue weighted by molar-refractivity contribution is 0.535. The van der Waals surface area contributed by atoms with Crippen molar-refractivity contribution in [3.63, 3.8) is 0 Å². The van der Waals surface area contributed by atoms with E-state index in [0.717, 1.165) is 28.5 Å². The smallest absolute Gasteiger partial charge is 0.265 e. The summed E-state index contributed by atoms with van der Waals surface area (Å²) in [7, 11) is -3.74. The number of amidine groups is 1. The molecule has 0 amide bonds. The van der Waals surface area contributed by atoms with Gasteiger partial charge in [-0.05, 0) is 40.6 Å². The average molecular weight is 368 g/mol. The standard InChI is InChI=1S/C20H17FN2O2S/c21-17-8-10-18(11-9-17)26(24,25)23-13-12-22-20(23)14-16-6-3-5-15-4-1-2-7-19(15)16/h1-11H,12-14H2. The molecule has 0 saturated carbocycles. The molecule has 0 aliphatic carbocycles. The topological polar surface area (TPSA) is 49.7 Å². The molecule has 0 saturated heterocycles. The summed E-state index contributed by atoms with van der Waals surface area (Å²) >= 11 is 0. The van der Waals surface area contributed by atoms with E-state index >= 15 is 0 Å². The molecule has 0 atom stereocenters. The summed E-state index contributed by atoms with van der Waals surface area (Å²) in [6.45, 7) is 0.736. The van der Waals surface area contributed by atoms with Crippen LogP contribution in [-0.2, 0) is 16.4 Å². The summed E-state index contributed by atoms with van der Waals surface area (Å²) in [5, 5.41) is 2.19. The van der Waals surface area contributed by atoms with Crippen LogP contribution in [0.2, 0.25) is 0 Å². The van der Waals surface area contributed by atoms with Crippen LogP contribution in [0.25, 0.3) is 10.8 Å². The van der Waals surface area contributed by atoms with E-state index in [1.54, 1.807) is 0 Å². The quantitative estimate of drug-likeness (QED) is 0.706. The molecule has 3 aromatic carbocycles. The first-order chi connectivity index (χ1) is 12.6. The Hall–Kier alpha value is -2.73. The highest BCUT2D eigenvalue weighted by atomic mass is 32.2. The van der Waals surface area contributed by atoms with Crippen LogP contribution in [0.5, 0.6) is 0 Å². The summed E-state index contributed by atoms with van der Waals surface area (Å²) in [6.07, 6.45) is 0.432. The van der Waals surface area contributed by atoms with Gasteiger partial charge in [0, 0.05) is 6.42 Å². The molecule has 4 rings (SSSR count). The number of nitrogens with zero attached hydrogens (tertiary/aromatic N) is 2. The maximum atomic E-state index is 13.1. The number of halogens is 1. The predicted octanol–water partition coefficient (Wildman–Crippen LogP) is 3.62. The lowest BCUT2D eigenvalue weighted by Crippen LogP contribution is -2.35. The highest BCUT2D eigenvalue weighted by Crippen LogP contribution is 2.24. The van der Waals surface area contributed by atoms with Crippen LogP contribution in [0, 0.1) is 5.82 Å². The Balaban J connectivity index is 1.67. The van der Waals surface area contributed by atoms with E-state index in [1.807, 2.05) is 42.5 Å². The highest BCUT2D eigenvalue weighted by molar-refractivity contribution is 7.89. The van der Waals surface area contributed by atoms with Crippen molar-refractivity contribution in [1.82, 2.24) is 4.31 Å². The lowest BCUT2D eigenvalue weighted by Gasteiger charge is -2.21. The zero-order valence-electron chi connectivity index (χ0n) is 14.0. The number of benzene rings is 3. The van der Waals surface area contributed by atoms with E-state index < -0.39 is 15.8 Å². The van der Waals surface area contributed by atoms with Crippen LogP contribution in [0.15, 0.2) is 76.6 Å². The molecule has 0 unspecified atom stereocenters. The Bertz CT molecular complexity index is 1090. The minimum absolute atomic E-state index is 0.0754. The summed E-state index contributed by atoms with van der Waals surface area (Å²) in [5.41, 5.74) is 1.03. The maximum absolute atomic E-state index is 13.1. The van der Waals surface area contributed by atoms with Crippen molar-refractivity contribution in [3.05, 3.63) is 78.1 Å². The molecular formula is C20H17FN2O2S. The predicted molar refractivity (Wildman–Crippen MR) is 100 cm³/mol. The molecule has 1 aliphatic heterocycles. The first-order valence-corrected chi connectivity index (χ1v) is 9.78. The van der Waals surface area contributed by atoms with Crippen LogP contribution in [0.3, 0.4) is 0 Å². The maximum Gasteiger partial charge on any atom is 0.265 e. The van der Waals surface area contributed by atoms with Gasteiger partial charge in [-0.2, -0.15) is 0 Å². The number of aliphatic imine (C=N–C) groups is 1. The Kier molecular flexibility index (Phi) is 4.20. The lowest BCUT2D eigenvalue weighted by atomic mass is 10.0. The summed E-state index contributed by atoms with van der Waals surface area (Å²) in [6, 6.07) is 18.9. The van der Waals surface area contributed by atoms with Gasteiger partial charge in [0.25, 0.3) is 10.0 Å². The second kappa shape index (κ2) is 6.53. The molecule has 0 fully saturated rings. The molecule has 1 heterocycles.